The Morgan fingerprint density at radius 3 is 0.882 bits per heavy atom. The molecule has 0 fully saturated rings. The number of aryl methyl sites for hydroxylation is 3. The number of hydrogen-bond acceptors (Lipinski definition) is 10. The summed E-state index contributed by atoms with van der Waals surface area (Å²) < 4.78 is 44.7. The van der Waals surface area contributed by atoms with Crippen LogP contribution in [-0.4, -0.2) is 59.2 Å². The van der Waals surface area contributed by atoms with E-state index < -0.39 is 45.2 Å². The number of imidazole rings is 2. The van der Waals surface area contributed by atoms with Gasteiger partial charge in [-0.3, -0.25) is 4.79 Å². The van der Waals surface area contributed by atoms with E-state index in [0.717, 1.165) is 26.9 Å². The van der Waals surface area contributed by atoms with Gasteiger partial charge in [-0.05, 0) is 173 Å². The summed E-state index contributed by atoms with van der Waals surface area (Å²) in [6, 6.07) is 146. The molecule has 0 aliphatic heterocycles. The largest absolute Gasteiger partial charge is 1.00 e. The van der Waals surface area contributed by atoms with E-state index in [9.17, 15) is 13.2 Å². The summed E-state index contributed by atoms with van der Waals surface area (Å²) in [6.45, 7) is 5.42. The molecule has 632 valence electrons. The molecule has 0 bridgehead atoms. The van der Waals surface area contributed by atoms with Crippen LogP contribution in [0.1, 0.15) is 18.1 Å². The van der Waals surface area contributed by atoms with Crippen LogP contribution in [0.3, 0.4) is 0 Å². The Balaban J connectivity index is 0.000000204. The van der Waals surface area contributed by atoms with Gasteiger partial charge in [0.25, 0.3) is 6.47 Å². The molecular weight excluding hydrogens is 1890 g/mol. The van der Waals surface area contributed by atoms with Crippen LogP contribution in [0.15, 0.2) is 442 Å². The molecule has 18 rings (SSSR count). The Hall–Kier alpha value is -9.23. The summed E-state index contributed by atoms with van der Waals surface area (Å²) >= 11 is 15.1. The van der Waals surface area contributed by atoms with Crippen molar-refractivity contribution < 1.29 is 124 Å². The molecular formula is C101H85BBrCl2F3N6Na2O6P4Pd. The first-order valence-electron chi connectivity index (χ1n) is 38.9. The average molecular weight is 1970 g/mol. The van der Waals surface area contributed by atoms with Crippen molar-refractivity contribution in [3.05, 3.63) is 469 Å². The molecule has 0 amide bonds. The van der Waals surface area contributed by atoms with Gasteiger partial charge in [0.1, 0.15) is 10.4 Å². The minimum Gasteiger partial charge on any atom is -1.00 e. The number of alkyl halides is 3. The Morgan fingerprint density at radius 2 is 0.638 bits per heavy atom. The van der Waals surface area contributed by atoms with Gasteiger partial charge in [0.2, 0.25) is 0 Å². The van der Waals surface area contributed by atoms with Crippen molar-refractivity contribution in [3.8, 4) is 17.0 Å². The number of hydrogen-bond donors (Lipinski definition) is 2. The Bertz CT molecular complexity index is 5350. The van der Waals surface area contributed by atoms with Crippen LogP contribution in [-0.2, 0) is 30.1 Å². The second kappa shape index (κ2) is 54.9. The number of benzene rings is 14. The van der Waals surface area contributed by atoms with Crippen molar-refractivity contribution in [1.82, 2.24) is 29.2 Å². The third-order valence-electron chi connectivity index (χ3n) is 18.1. The fourth-order valence-corrected chi connectivity index (χ4v) is 22.4. The second-order valence-corrected chi connectivity index (χ2v) is 37.3. The van der Waals surface area contributed by atoms with Gasteiger partial charge in [-0.2, -0.15) is 10.2 Å². The third kappa shape index (κ3) is 32.1. The first-order valence-corrected chi connectivity index (χ1v) is 45.8. The maximum absolute atomic E-state index is 12.3. The zero-order valence-corrected chi connectivity index (χ0v) is 82.0. The van der Waals surface area contributed by atoms with E-state index in [1.165, 1.54) is 92.6 Å². The molecule has 18 aromatic rings. The molecule has 0 saturated carbocycles. The summed E-state index contributed by atoms with van der Waals surface area (Å²) in [5.41, 5.74) is 5.63. The fraction of sp³-hybridized carbons (Fsp3) is 0.0396. The van der Waals surface area contributed by atoms with Crippen LogP contribution >= 0.6 is 70.8 Å². The van der Waals surface area contributed by atoms with Gasteiger partial charge in [-0.25, -0.2) is 19.0 Å². The third-order valence-corrected chi connectivity index (χ3v) is 29.2. The van der Waals surface area contributed by atoms with E-state index in [-0.39, 0.29) is 93.2 Å². The topological polar surface area (TPSA) is 159 Å². The standard InChI is InChI=1S/4C18H15P.C14H9ClF3N3O.C7H9BO2.C7H5BrClN3.CH2O3.2Na.Pd.H/c4*1-4-10-16(11-5-1)19(17-12-6-2-7-13-17)18-14-8-3-9-15-18;1-8-5-12-19-7-11(21(12)20-13(8)15)9-3-2-4-10(6-9)22-14(16,17)18;1-6-3-2-4-7(5-6)8(9)10;1-4-2-6-10-3-5(8)12(6)11-7(4)9;2-1-4-3;;;;/h4*1-15H;2-7H,1H3;2-5,9-10H,1H3;2-3H,1H3;1,3H;;;;/q;;;;;;;;2*+1;;-1/p-1. The molecule has 26 heteroatoms. The summed E-state index contributed by atoms with van der Waals surface area (Å²) in [5, 5.41) is 51.7. The maximum atomic E-state index is 12.3. The van der Waals surface area contributed by atoms with Crippen LogP contribution in [0.5, 0.6) is 5.75 Å². The van der Waals surface area contributed by atoms with Crippen LogP contribution in [0.4, 0.5) is 13.2 Å². The van der Waals surface area contributed by atoms with Gasteiger partial charge in [-0.15, -0.1) is 13.2 Å². The molecule has 0 aliphatic rings. The number of carbonyl (C=O) groups excluding carboxylic acids is 1. The van der Waals surface area contributed by atoms with Gasteiger partial charge < -0.3 is 26.4 Å². The smallest absolute Gasteiger partial charge is 1.00 e. The Labute approximate surface area is 822 Å². The molecule has 4 aromatic heterocycles. The molecule has 0 unspecified atom stereocenters. The van der Waals surface area contributed by atoms with Crippen LogP contribution < -0.4 is 138 Å². The molecule has 0 atom stereocenters. The number of carbonyl (C=O) groups is 1. The van der Waals surface area contributed by atoms with E-state index in [1.807, 2.05) is 26.0 Å². The molecule has 14 aromatic carbocycles. The van der Waals surface area contributed by atoms with Gasteiger partial charge in [0, 0.05) is 26.0 Å². The average Bonchev–Trinajstić information content (AvgIpc) is 1.66. The molecule has 12 nitrogen and oxygen atoms in total. The normalized spacial score (nSPS) is 10.3. The van der Waals surface area contributed by atoms with E-state index in [4.69, 9.17) is 43.3 Å². The number of halogens is 6. The monoisotopic (exact) mass is 1970 g/mol. The predicted octanol–water partition coefficient (Wildman–Crippen LogP) is 12.7. The van der Waals surface area contributed by atoms with Crippen molar-refractivity contribution in [2.45, 2.75) is 27.1 Å². The zero-order chi connectivity index (χ0) is 87.3. The van der Waals surface area contributed by atoms with Crippen molar-refractivity contribution in [2.24, 2.45) is 0 Å². The summed E-state index contributed by atoms with van der Waals surface area (Å²) in [4.78, 5) is 19.5. The summed E-state index contributed by atoms with van der Waals surface area (Å²) in [7, 11) is -3.13. The van der Waals surface area contributed by atoms with Gasteiger partial charge in [0.05, 0.1) is 18.1 Å². The Kier molecular flexibility index (Phi) is 44.6. The number of rotatable bonds is 16. The molecule has 0 radical (unpaired) electrons. The minimum absolute atomic E-state index is 0. The van der Waals surface area contributed by atoms with Gasteiger partial charge in [-0.1, -0.05) is 429 Å². The minimum atomic E-state index is -4.74. The number of fused-ring (bicyclic) bond motifs is 2. The van der Waals surface area contributed by atoms with Crippen molar-refractivity contribution in [3.63, 3.8) is 0 Å². The predicted molar refractivity (Wildman–Crippen MR) is 515 cm³/mol. The molecule has 127 heavy (non-hydrogen) atoms. The molecule has 0 saturated heterocycles. The number of ether oxygens (including phenoxy) is 1. The van der Waals surface area contributed by atoms with E-state index >= 15 is 0 Å². The van der Waals surface area contributed by atoms with Crippen molar-refractivity contribution >= 4 is 165 Å². The van der Waals surface area contributed by atoms with Gasteiger partial charge in [0.15, 0.2) is 21.6 Å². The molecule has 4 heterocycles. The van der Waals surface area contributed by atoms with E-state index in [2.05, 4.69) is 410 Å². The van der Waals surface area contributed by atoms with E-state index in [0.29, 0.717) is 32.7 Å². The SMILES string of the molecule is Cc1cc2ncc(-c3cccc(OC(F)(F)F)c3)n2nc1Cl.Cc1cc2ncc(Br)n2nc1Cl.Cc1cccc(B(O)O)c1.O=CO[O-].[H-].[Na+].[Na+].[Pd].c1ccc(P(c2ccccc2)c2ccccc2)cc1.c1ccc(P(c2ccccc2)c2ccccc2)cc1.c1ccc(P(c2ccccc2)c2ccccc2)cc1.c1ccc(P(c2ccccc2)c2ccccc2)cc1. The zero-order valence-electron chi connectivity index (χ0n) is 70.8. The number of nitrogens with zero attached hydrogens (tertiary/aromatic N) is 6. The van der Waals surface area contributed by atoms with Crippen LogP contribution in [0.25, 0.3) is 22.6 Å². The van der Waals surface area contributed by atoms with Crippen molar-refractivity contribution in [1.29, 1.82) is 0 Å². The van der Waals surface area contributed by atoms with E-state index in [1.54, 1.807) is 48.0 Å². The molecule has 2 N–H and O–H groups in total. The Morgan fingerprint density at radius 1 is 0.386 bits per heavy atom. The first-order chi connectivity index (χ1) is 60.4. The van der Waals surface area contributed by atoms with Crippen molar-refractivity contribution in [2.75, 3.05) is 0 Å². The van der Waals surface area contributed by atoms with Crippen LogP contribution in [0, 0.1) is 20.8 Å². The molecule has 0 aliphatic carbocycles. The van der Waals surface area contributed by atoms with Crippen LogP contribution in [0.2, 0.25) is 10.3 Å². The number of aromatic nitrogens is 6. The summed E-state index contributed by atoms with van der Waals surface area (Å²) in [5.74, 6) is -0.307. The second-order valence-electron chi connectivity index (χ2n) is 26.9. The summed E-state index contributed by atoms with van der Waals surface area (Å²) in [6.07, 6.45) is -1.53. The first kappa shape index (κ1) is 103. The fourth-order valence-electron chi connectivity index (χ4n) is 12.5. The van der Waals surface area contributed by atoms with Gasteiger partial charge >= 0.3 is 72.6 Å². The quantitative estimate of drug-likeness (QED) is 0.0313. The molecule has 0 spiro atoms. The maximum Gasteiger partial charge on any atom is 1.00 e.